The minimum absolute atomic E-state index is 0.119. The number of carbonyl (C=O) groups excluding carboxylic acids is 1. The zero-order chi connectivity index (χ0) is 20.4. The zero-order valence-corrected chi connectivity index (χ0v) is 15.8. The molecule has 148 valence electrons. The zero-order valence-electron chi connectivity index (χ0n) is 15.0. The lowest BCUT2D eigenvalue weighted by Crippen LogP contribution is -2.25. The van der Waals surface area contributed by atoms with Crippen molar-refractivity contribution < 1.29 is 18.0 Å². The van der Waals surface area contributed by atoms with E-state index in [0.717, 1.165) is 0 Å². The number of amides is 1. The molecule has 1 aromatic carbocycles. The molecule has 10 heteroatoms. The number of nitrogens with one attached hydrogen (secondary N) is 1. The normalized spacial score (nSPS) is 12.4. The summed E-state index contributed by atoms with van der Waals surface area (Å²) in [6.07, 6.45) is -1.22. The summed E-state index contributed by atoms with van der Waals surface area (Å²) < 4.78 is 41.6. The topological polar surface area (TPSA) is 64.7 Å². The van der Waals surface area contributed by atoms with Crippen LogP contribution in [-0.4, -0.2) is 25.5 Å². The molecule has 0 spiro atoms. The van der Waals surface area contributed by atoms with Crippen molar-refractivity contribution in [2.24, 2.45) is 0 Å². The first kappa shape index (κ1) is 19.9. The molecule has 0 aliphatic rings. The largest absolute Gasteiger partial charge is 0.306 e. The number of aryl methyl sites for hydroxylation is 1. The van der Waals surface area contributed by atoms with Gasteiger partial charge in [-0.05, 0) is 37.6 Å². The van der Waals surface area contributed by atoms with E-state index >= 15 is 0 Å². The SMILES string of the molecule is Cc1cc(C(F)F)nn1C(C)C(=O)Nc1nn(Cc2cccc(F)c2)cc1Cl. The van der Waals surface area contributed by atoms with Crippen LogP contribution in [0, 0.1) is 12.7 Å². The molecular weight excluding hydrogens is 395 g/mol. The van der Waals surface area contributed by atoms with Gasteiger partial charge >= 0.3 is 0 Å². The van der Waals surface area contributed by atoms with Crippen molar-refractivity contribution in [3.8, 4) is 0 Å². The number of hydrogen-bond donors (Lipinski definition) is 1. The molecule has 28 heavy (non-hydrogen) atoms. The summed E-state index contributed by atoms with van der Waals surface area (Å²) in [4.78, 5) is 12.5. The highest BCUT2D eigenvalue weighted by atomic mass is 35.5. The predicted molar refractivity (Wildman–Crippen MR) is 98.0 cm³/mol. The number of anilines is 1. The molecule has 1 amide bonds. The average molecular weight is 412 g/mol. The Balaban J connectivity index is 1.73. The lowest BCUT2D eigenvalue weighted by molar-refractivity contribution is -0.119. The maximum Gasteiger partial charge on any atom is 0.282 e. The Morgan fingerprint density at radius 2 is 2.04 bits per heavy atom. The molecule has 0 saturated carbocycles. The molecular formula is C18H17ClF3N5O. The van der Waals surface area contributed by atoms with Crippen molar-refractivity contribution in [1.82, 2.24) is 19.6 Å². The van der Waals surface area contributed by atoms with Gasteiger partial charge in [0.1, 0.15) is 22.6 Å². The molecule has 1 atom stereocenters. The lowest BCUT2D eigenvalue weighted by Gasteiger charge is -2.13. The second-order valence-electron chi connectivity index (χ2n) is 6.27. The molecule has 1 unspecified atom stereocenters. The van der Waals surface area contributed by atoms with Crippen LogP contribution in [-0.2, 0) is 11.3 Å². The summed E-state index contributed by atoms with van der Waals surface area (Å²) in [5.74, 6) is -0.755. The average Bonchev–Trinajstić information content (AvgIpc) is 3.17. The van der Waals surface area contributed by atoms with Crippen LogP contribution in [0.5, 0.6) is 0 Å². The number of hydrogen-bond acceptors (Lipinski definition) is 3. The summed E-state index contributed by atoms with van der Waals surface area (Å²) in [5.41, 5.74) is 0.715. The van der Waals surface area contributed by atoms with Crippen molar-refractivity contribution in [3.63, 3.8) is 0 Å². The standard InChI is InChI=1S/C18H17ClF3N5O/c1-10-6-15(16(21)22)24-27(10)11(2)18(28)23-17-14(19)9-26(25-17)8-12-4-3-5-13(20)7-12/h3-7,9,11,16H,8H2,1-2H3,(H,23,25,28). The van der Waals surface area contributed by atoms with Gasteiger partial charge < -0.3 is 5.32 Å². The van der Waals surface area contributed by atoms with E-state index in [0.29, 0.717) is 11.3 Å². The van der Waals surface area contributed by atoms with Crippen molar-refractivity contribution in [1.29, 1.82) is 0 Å². The Morgan fingerprint density at radius 3 is 2.68 bits per heavy atom. The lowest BCUT2D eigenvalue weighted by atomic mass is 10.2. The third-order valence-corrected chi connectivity index (χ3v) is 4.38. The molecule has 2 aromatic heterocycles. The van der Waals surface area contributed by atoms with Crippen molar-refractivity contribution >= 4 is 23.3 Å². The Hall–Kier alpha value is -2.81. The number of alkyl halides is 2. The van der Waals surface area contributed by atoms with E-state index in [1.165, 1.54) is 40.7 Å². The van der Waals surface area contributed by atoms with Gasteiger partial charge in [-0.2, -0.15) is 10.2 Å². The highest BCUT2D eigenvalue weighted by Gasteiger charge is 2.22. The van der Waals surface area contributed by atoms with Crippen LogP contribution < -0.4 is 5.32 Å². The molecule has 3 aromatic rings. The van der Waals surface area contributed by atoms with E-state index in [-0.39, 0.29) is 23.2 Å². The monoisotopic (exact) mass is 411 g/mol. The van der Waals surface area contributed by atoms with E-state index in [9.17, 15) is 18.0 Å². The second kappa shape index (κ2) is 8.05. The number of carbonyl (C=O) groups is 1. The molecule has 6 nitrogen and oxygen atoms in total. The maximum atomic E-state index is 13.3. The van der Waals surface area contributed by atoms with E-state index in [1.54, 1.807) is 19.1 Å². The van der Waals surface area contributed by atoms with Gasteiger partial charge in [0.05, 0.1) is 6.54 Å². The first-order valence-corrected chi connectivity index (χ1v) is 8.75. The Bertz CT molecular complexity index is 1000. The summed E-state index contributed by atoms with van der Waals surface area (Å²) in [5, 5.41) is 10.7. The van der Waals surface area contributed by atoms with E-state index in [2.05, 4.69) is 15.5 Å². The van der Waals surface area contributed by atoms with Gasteiger partial charge in [0.25, 0.3) is 6.43 Å². The molecule has 1 N–H and O–H groups in total. The number of benzene rings is 1. The summed E-state index contributed by atoms with van der Waals surface area (Å²) in [7, 11) is 0. The van der Waals surface area contributed by atoms with Crippen molar-refractivity contribution in [2.45, 2.75) is 32.9 Å². The quantitative estimate of drug-likeness (QED) is 0.655. The molecule has 0 bridgehead atoms. The molecule has 0 saturated heterocycles. The van der Waals surface area contributed by atoms with E-state index in [4.69, 9.17) is 11.6 Å². The van der Waals surface area contributed by atoms with Gasteiger partial charge in [-0.3, -0.25) is 14.2 Å². The third-order valence-electron chi connectivity index (χ3n) is 4.10. The maximum absolute atomic E-state index is 13.3. The first-order chi connectivity index (χ1) is 13.2. The fourth-order valence-electron chi connectivity index (χ4n) is 2.73. The van der Waals surface area contributed by atoms with Gasteiger partial charge in [0, 0.05) is 11.9 Å². The van der Waals surface area contributed by atoms with Gasteiger partial charge in [-0.1, -0.05) is 23.7 Å². The van der Waals surface area contributed by atoms with Gasteiger partial charge in [-0.25, -0.2) is 13.2 Å². The molecule has 0 aliphatic carbocycles. The number of aromatic nitrogens is 4. The van der Waals surface area contributed by atoms with Crippen LogP contribution in [0.25, 0.3) is 0 Å². The van der Waals surface area contributed by atoms with Crippen LogP contribution in [0.15, 0.2) is 36.5 Å². The van der Waals surface area contributed by atoms with Crippen LogP contribution in [0.4, 0.5) is 19.0 Å². The van der Waals surface area contributed by atoms with Crippen LogP contribution in [0.3, 0.4) is 0 Å². The smallest absolute Gasteiger partial charge is 0.282 e. The van der Waals surface area contributed by atoms with Crippen LogP contribution >= 0.6 is 11.6 Å². The fourth-order valence-corrected chi connectivity index (χ4v) is 2.93. The Labute approximate surface area is 163 Å². The van der Waals surface area contributed by atoms with E-state index < -0.39 is 24.1 Å². The summed E-state index contributed by atoms with van der Waals surface area (Å²) in [6.45, 7) is 3.38. The highest BCUT2D eigenvalue weighted by molar-refractivity contribution is 6.33. The van der Waals surface area contributed by atoms with Gasteiger partial charge in [0.15, 0.2) is 5.82 Å². The van der Waals surface area contributed by atoms with Crippen molar-refractivity contribution in [2.75, 3.05) is 5.32 Å². The fraction of sp³-hybridized carbons (Fsp3) is 0.278. The molecule has 0 fully saturated rings. The second-order valence-corrected chi connectivity index (χ2v) is 6.68. The molecule has 0 aliphatic heterocycles. The van der Waals surface area contributed by atoms with Crippen molar-refractivity contribution in [3.05, 3.63) is 64.3 Å². The van der Waals surface area contributed by atoms with Gasteiger partial charge in [0.2, 0.25) is 5.91 Å². The van der Waals surface area contributed by atoms with Crippen LogP contribution in [0.1, 0.15) is 36.3 Å². The number of nitrogens with zero attached hydrogens (tertiary/aromatic N) is 4. The predicted octanol–water partition coefficient (Wildman–Crippen LogP) is 4.37. The summed E-state index contributed by atoms with van der Waals surface area (Å²) >= 11 is 6.12. The number of halogens is 4. The first-order valence-electron chi connectivity index (χ1n) is 8.37. The number of rotatable bonds is 6. The third kappa shape index (κ3) is 4.36. The molecule has 0 radical (unpaired) electrons. The molecule has 3 rings (SSSR count). The minimum atomic E-state index is -2.72. The molecule has 2 heterocycles. The van der Waals surface area contributed by atoms with Gasteiger partial charge in [-0.15, -0.1) is 0 Å². The Kier molecular flexibility index (Phi) is 5.73. The summed E-state index contributed by atoms with van der Waals surface area (Å²) in [6, 6.07) is 6.41. The highest BCUT2D eigenvalue weighted by Crippen LogP contribution is 2.23. The van der Waals surface area contributed by atoms with E-state index in [1.807, 2.05) is 0 Å². The minimum Gasteiger partial charge on any atom is -0.306 e. The Morgan fingerprint density at radius 1 is 1.29 bits per heavy atom. The van der Waals surface area contributed by atoms with Crippen LogP contribution in [0.2, 0.25) is 5.02 Å².